The highest BCUT2D eigenvalue weighted by Gasteiger charge is 2.27. The number of carbonyl (C=O) groups is 3. The molecule has 0 spiro atoms. The van der Waals surface area contributed by atoms with Crippen molar-refractivity contribution in [1.29, 1.82) is 0 Å². The van der Waals surface area contributed by atoms with Crippen LogP contribution in [-0.4, -0.2) is 42.3 Å². The minimum absolute atomic E-state index is 0.138. The molecule has 9 heteroatoms. The van der Waals surface area contributed by atoms with Crippen LogP contribution >= 0.6 is 0 Å². The van der Waals surface area contributed by atoms with Crippen LogP contribution in [0.5, 0.6) is 0 Å². The van der Waals surface area contributed by atoms with E-state index in [4.69, 9.17) is 0 Å². The highest BCUT2D eigenvalue weighted by atomic mass is 19.2. The number of carbonyl (C=O) groups excluding carboxylic acids is 3. The zero-order valence-corrected chi connectivity index (χ0v) is 17.1. The topological polar surface area (TPSA) is 78.5 Å². The van der Waals surface area contributed by atoms with E-state index in [-0.39, 0.29) is 17.7 Å². The summed E-state index contributed by atoms with van der Waals surface area (Å²) >= 11 is 0. The molecule has 32 heavy (non-hydrogen) atoms. The average molecular weight is 445 g/mol. The molecule has 3 amide bonds. The Labute approximate surface area is 183 Å². The Morgan fingerprint density at radius 1 is 0.969 bits per heavy atom. The van der Waals surface area contributed by atoms with Crippen molar-refractivity contribution in [3.8, 4) is 0 Å². The number of anilines is 1. The van der Waals surface area contributed by atoms with E-state index in [1.165, 1.54) is 6.08 Å². The summed E-state index contributed by atoms with van der Waals surface area (Å²) < 4.78 is 39.8. The molecule has 0 aliphatic carbocycles. The van der Waals surface area contributed by atoms with E-state index in [0.29, 0.717) is 32.0 Å². The van der Waals surface area contributed by atoms with E-state index in [2.05, 4.69) is 10.6 Å². The second-order valence-electron chi connectivity index (χ2n) is 7.33. The minimum atomic E-state index is -1.69. The zero-order chi connectivity index (χ0) is 23.1. The number of hydrogen-bond acceptors (Lipinski definition) is 3. The van der Waals surface area contributed by atoms with Crippen LogP contribution in [0.25, 0.3) is 6.08 Å². The number of rotatable bonds is 6. The van der Waals surface area contributed by atoms with Gasteiger partial charge in [0.1, 0.15) is 0 Å². The van der Waals surface area contributed by atoms with E-state index >= 15 is 0 Å². The summed E-state index contributed by atoms with van der Waals surface area (Å²) in [6, 6.07) is 11.0. The standard InChI is InChI=1S/C23H22F3N3O3/c24-17-7-8-18(22(26)21(17)25)28-19(30)14-27-23(32)16-10-12-29(13-11-16)20(31)9-6-15-4-2-1-3-5-15/h1-9,16H,10-14H2,(H,27,32)(H,28,30)/b9-6+. The predicted molar refractivity (Wildman–Crippen MR) is 113 cm³/mol. The number of nitrogens with one attached hydrogen (secondary N) is 2. The molecule has 2 aromatic carbocycles. The third-order valence-electron chi connectivity index (χ3n) is 5.13. The molecule has 0 saturated carbocycles. The van der Waals surface area contributed by atoms with Gasteiger partial charge in [0.05, 0.1) is 12.2 Å². The lowest BCUT2D eigenvalue weighted by Crippen LogP contribution is -2.44. The van der Waals surface area contributed by atoms with Crippen LogP contribution in [0.2, 0.25) is 0 Å². The lowest BCUT2D eigenvalue weighted by atomic mass is 9.96. The summed E-state index contributed by atoms with van der Waals surface area (Å²) in [4.78, 5) is 38.2. The molecule has 3 rings (SSSR count). The van der Waals surface area contributed by atoms with Gasteiger partial charge in [-0.2, -0.15) is 0 Å². The highest BCUT2D eigenvalue weighted by molar-refractivity contribution is 5.95. The summed E-state index contributed by atoms with van der Waals surface area (Å²) in [6.45, 7) is 0.362. The first kappa shape index (κ1) is 23.1. The van der Waals surface area contributed by atoms with Gasteiger partial charge in [0.25, 0.3) is 0 Å². The molecule has 1 heterocycles. The lowest BCUT2D eigenvalue weighted by molar-refractivity contribution is -0.132. The van der Waals surface area contributed by atoms with E-state index in [1.54, 1.807) is 11.0 Å². The third-order valence-corrected chi connectivity index (χ3v) is 5.13. The molecule has 168 valence electrons. The third kappa shape index (κ3) is 5.96. The summed E-state index contributed by atoms with van der Waals surface area (Å²) in [5.74, 6) is -6.21. The fourth-order valence-corrected chi connectivity index (χ4v) is 3.33. The second kappa shape index (κ2) is 10.6. The van der Waals surface area contributed by atoms with Crippen molar-refractivity contribution in [2.75, 3.05) is 25.0 Å². The Kier molecular flexibility index (Phi) is 7.64. The summed E-state index contributed by atoms with van der Waals surface area (Å²) in [5, 5.41) is 4.54. The van der Waals surface area contributed by atoms with Crippen LogP contribution in [0.3, 0.4) is 0 Å². The van der Waals surface area contributed by atoms with Gasteiger partial charge >= 0.3 is 0 Å². The van der Waals surface area contributed by atoms with Gasteiger partial charge in [-0.05, 0) is 36.6 Å². The number of hydrogen-bond donors (Lipinski definition) is 2. The van der Waals surface area contributed by atoms with Crippen molar-refractivity contribution >= 4 is 29.5 Å². The van der Waals surface area contributed by atoms with Crippen molar-refractivity contribution in [2.24, 2.45) is 5.92 Å². The molecular weight excluding hydrogens is 423 g/mol. The normalized spacial score (nSPS) is 14.4. The molecule has 0 unspecified atom stereocenters. The second-order valence-corrected chi connectivity index (χ2v) is 7.33. The fraction of sp³-hybridized carbons (Fsp3) is 0.261. The number of piperidine rings is 1. The Morgan fingerprint density at radius 3 is 2.34 bits per heavy atom. The van der Waals surface area contributed by atoms with Gasteiger partial charge in [0.2, 0.25) is 17.7 Å². The molecule has 1 saturated heterocycles. The van der Waals surface area contributed by atoms with Crippen molar-refractivity contribution in [3.05, 3.63) is 71.6 Å². The largest absolute Gasteiger partial charge is 0.347 e. The lowest BCUT2D eigenvalue weighted by Gasteiger charge is -2.30. The highest BCUT2D eigenvalue weighted by Crippen LogP contribution is 2.20. The van der Waals surface area contributed by atoms with E-state index in [9.17, 15) is 27.6 Å². The van der Waals surface area contributed by atoms with Crippen molar-refractivity contribution in [1.82, 2.24) is 10.2 Å². The Hall–Kier alpha value is -3.62. The summed E-state index contributed by atoms with van der Waals surface area (Å²) in [7, 11) is 0. The SMILES string of the molecule is O=C(CNC(=O)C1CCN(C(=O)/C=C/c2ccccc2)CC1)Nc1ccc(F)c(F)c1F. The molecule has 1 aliphatic heterocycles. The van der Waals surface area contributed by atoms with Crippen molar-refractivity contribution in [3.63, 3.8) is 0 Å². The van der Waals surface area contributed by atoms with Crippen LogP contribution in [0.15, 0.2) is 48.5 Å². The first-order valence-electron chi connectivity index (χ1n) is 10.1. The van der Waals surface area contributed by atoms with Gasteiger partial charge < -0.3 is 15.5 Å². The van der Waals surface area contributed by atoms with E-state index in [0.717, 1.165) is 11.6 Å². The average Bonchev–Trinajstić information content (AvgIpc) is 2.82. The summed E-state index contributed by atoms with van der Waals surface area (Å²) in [6.07, 6.45) is 4.11. The van der Waals surface area contributed by atoms with Crippen LogP contribution in [0.1, 0.15) is 18.4 Å². The number of amides is 3. The number of halogens is 3. The van der Waals surface area contributed by atoms with Gasteiger partial charge in [0.15, 0.2) is 17.5 Å². The number of likely N-dealkylation sites (tertiary alicyclic amines) is 1. The maximum atomic E-state index is 13.6. The van der Waals surface area contributed by atoms with Gasteiger partial charge in [-0.3, -0.25) is 14.4 Å². The first-order chi connectivity index (χ1) is 15.3. The maximum Gasteiger partial charge on any atom is 0.246 e. The molecule has 0 atom stereocenters. The summed E-state index contributed by atoms with van der Waals surface area (Å²) in [5.41, 5.74) is 0.398. The van der Waals surface area contributed by atoms with Crippen LogP contribution in [-0.2, 0) is 14.4 Å². The first-order valence-corrected chi connectivity index (χ1v) is 10.1. The van der Waals surface area contributed by atoms with Crippen molar-refractivity contribution < 1.29 is 27.6 Å². The molecule has 1 fully saturated rings. The number of benzene rings is 2. The predicted octanol–water partition coefficient (Wildman–Crippen LogP) is 3.11. The molecule has 6 nitrogen and oxygen atoms in total. The van der Waals surface area contributed by atoms with Crippen molar-refractivity contribution in [2.45, 2.75) is 12.8 Å². The molecule has 0 radical (unpaired) electrons. The molecule has 2 N–H and O–H groups in total. The Bertz CT molecular complexity index is 1020. The Balaban J connectivity index is 1.42. The van der Waals surface area contributed by atoms with Crippen LogP contribution in [0, 0.1) is 23.4 Å². The molecule has 0 aromatic heterocycles. The van der Waals surface area contributed by atoms with Crippen LogP contribution < -0.4 is 10.6 Å². The zero-order valence-electron chi connectivity index (χ0n) is 17.1. The number of nitrogens with zero attached hydrogens (tertiary/aromatic N) is 1. The molecular formula is C23H22F3N3O3. The van der Waals surface area contributed by atoms with E-state index in [1.807, 2.05) is 30.3 Å². The Morgan fingerprint density at radius 2 is 1.66 bits per heavy atom. The molecule has 0 bridgehead atoms. The molecule has 2 aromatic rings. The smallest absolute Gasteiger partial charge is 0.246 e. The minimum Gasteiger partial charge on any atom is -0.347 e. The quantitative estimate of drug-likeness (QED) is 0.530. The van der Waals surface area contributed by atoms with E-state index < -0.39 is 35.6 Å². The fourth-order valence-electron chi connectivity index (χ4n) is 3.33. The van der Waals surface area contributed by atoms with Gasteiger partial charge in [-0.1, -0.05) is 30.3 Å². The molecule has 1 aliphatic rings. The van der Waals surface area contributed by atoms with Gasteiger partial charge in [0, 0.05) is 25.1 Å². The van der Waals surface area contributed by atoms with Gasteiger partial charge in [-0.15, -0.1) is 0 Å². The van der Waals surface area contributed by atoms with Gasteiger partial charge in [-0.25, -0.2) is 13.2 Å². The maximum absolute atomic E-state index is 13.6. The monoisotopic (exact) mass is 445 g/mol. The van der Waals surface area contributed by atoms with Crippen LogP contribution in [0.4, 0.5) is 18.9 Å².